The molecule has 0 unspecified atom stereocenters. The van der Waals surface area contributed by atoms with E-state index in [1.165, 1.54) is 35.3 Å². The maximum absolute atomic E-state index is 12.8. The maximum Gasteiger partial charge on any atom is 0.283 e. The van der Waals surface area contributed by atoms with Crippen LogP contribution in [0.25, 0.3) is 22.8 Å². The Morgan fingerprint density at radius 2 is 1.80 bits per heavy atom. The third-order valence-corrected chi connectivity index (χ3v) is 8.35. The van der Waals surface area contributed by atoms with Crippen molar-refractivity contribution in [3.63, 3.8) is 0 Å². The minimum atomic E-state index is -4.16. The number of benzene rings is 3. The van der Waals surface area contributed by atoms with Gasteiger partial charge in [-0.15, -0.1) is 0 Å². The summed E-state index contributed by atoms with van der Waals surface area (Å²) in [7, 11) is -0.526. The van der Waals surface area contributed by atoms with Crippen LogP contribution >= 0.6 is 0 Å². The van der Waals surface area contributed by atoms with Gasteiger partial charge in [0, 0.05) is 56.1 Å². The Bertz CT molecular complexity index is 1950. The van der Waals surface area contributed by atoms with E-state index >= 15 is 0 Å². The van der Waals surface area contributed by atoms with Gasteiger partial charge >= 0.3 is 0 Å². The average Bonchev–Trinajstić information content (AvgIpc) is 3.68. The summed E-state index contributed by atoms with van der Waals surface area (Å²) in [5, 5.41) is 27.1. The van der Waals surface area contributed by atoms with Crippen molar-refractivity contribution in [2.75, 3.05) is 23.8 Å². The molecule has 3 aromatic carbocycles. The SMILES string of the molecule is CC(C)CCN(C)c1ccc(-c2noc(-c3cccc(C(=O)NS(=O)(=O)c4cn(C)cn4)c3)n2)cc1NCc1cc(O)cc(O)c1. The largest absolute Gasteiger partial charge is 0.508 e. The Morgan fingerprint density at radius 1 is 1.04 bits per heavy atom. The minimum absolute atomic E-state index is 0.0319. The number of hydrogen-bond donors (Lipinski definition) is 4. The van der Waals surface area contributed by atoms with Crippen LogP contribution in [0.15, 0.2) is 82.7 Å². The lowest BCUT2D eigenvalue weighted by Crippen LogP contribution is -2.30. The number of hydrogen-bond acceptors (Lipinski definition) is 11. The second-order valence-electron chi connectivity index (χ2n) is 11.4. The van der Waals surface area contributed by atoms with Crippen molar-refractivity contribution in [1.82, 2.24) is 24.4 Å². The second kappa shape index (κ2) is 13.3. The molecule has 4 N–H and O–H groups in total. The zero-order chi connectivity index (χ0) is 33.0. The molecule has 5 rings (SSSR count). The topological polar surface area (TPSA) is 176 Å². The van der Waals surface area contributed by atoms with Gasteiger partial charge in [0.25, 0.3) is 21.8 Å². The molecule has 0 aliphatic heterocycles. The molecule has 1 amide bonds. The lowest BCUT2D eigenvalue weighted by Gasteiger charge is -2.24. The summed E-state index contributed by atoms with van der Waals surface area (Å²) >= 11 is 0. The monoisotopic (exact) mass is 645 g/mol. The van der Waals surface area contributed by atoms with Crippen LogP contribution in [-0.4, -0.2) is 57.8 Å². The summed E-state index contributed by atoms with van der Waals surface area (Å²) in [5.74, 6) is 0.0735. The molecule has 240 valence electrons. The Morgan fingerprint density at radius 3 is 2.50 bits per heavy atom. The van der Waals surface area contributed by atoms with Crippen LogP contribution in [0.3, 0.4) is 0 Å². The predicted molar refractivity (Wildman–Crippen MR) is 173 cm³/mol. The van der Waals surface area contributed by atoms with E-state index in [0.29, 0.717) is 35.0 Å². The summed E-state index contributed by atoms with van der Waals surface area (Å²) in [6, 6.07) is 16.4. The van der Waals surface area contributed by atoms with Crippen molar-refractivity contribution >= 4 is 27.3 Å². The first kappa shape index (κ1) is 32.0. The number of aryl methyl sites for hydroxylation is 1. The predicted octanol–water partition coefficient (Wildman–Crippen LogP) is 4.76. The average molecular weight is 646 g/mol. The molecule has 2 aromatic heterocycles. The Kier molecular flexibility index (Phi) is 9.28. The molecule has 0 radical (unpaired) electrons. The third-order valence-electron chi connectivity index (χ3n) is 7.13. The van der Waals surface area contributed by atoms with Crippen molar-refractivity contribution in [1.29, 1.82) is 0 Å². The lowest BCUT2D eigenvalue weighted by atomic mass is 10.1. The van der Waals surface area contributed by atoms with Gasteiger partial charge < -0.3 is 29.5 Å². The van der Waals surface area contributed by atoms with E-state index in [9.17, 15) is 23.4 Å². The highest BCUT2D eigenvalue weighted by molar-refractivity contribution is 7.90. The minimum Gasteiger partial charge on any atom is -0.508 e. The Labute approximate surface area is 266 Å². The normalized spacial score (nSPS) is 11.5. The van der Waals surface area contributed by atoms with Crippen molar-refractivity contribution in [3.8, 4) is 34.3 Å². The Hall–Kier alpha value is -5.37. The number of nitrogens with one attached hydrogen (secondary N) is 2. The van der Waals surface area contributed by atoms with Crippen molar-refractivity contribution in [2.45, 2.75) is 31.8 Å². The van der Waals surface area contributed by atoms with Crippen LogP contribution in [0.1, 0.15) is 36.2 Å². The number of sulfonamides is 1. The van der Waals surface area contributed by atoms with Gasteiger partial charge in [0.1, 0.15) is 11.5 Å². The Balaban J connectivity index is 1.39. The molecule has 5 aromatic rings. The zero-order valence-electron chi connectivity index (χ0n) is 25.8. The first-order valence-corrected chi connectivity index (χ1v) is 16.0. The number of rotatable bonds is 12. The summed E-state index contributed by atoms with van der Waals surface area (Å²) in [5.41, 5.74) is 3.58. The highest BCUT2D eigenvalue weighted by Gasteiger charge is 2.22. The van der Waals surface area contributed by atoms with Gasteiger partial charge in [0.05, 0.1) is 17.7 Å². The molecule has 13 nitrogen and oxygen atoms in total. The second-order valence-corrected chi connectivity index (χ2v) is 13.0. The number of carbonyl (C=O) groups excluding carboxylic acids is 1. The van der Waals surface area contributed by atoms with E-state index in [1.54, 1.807) is 31.3 Å². The zero-order valence-corrected chi connectivity index (χ0v) is 26.6. The smallest absolute Gasteiger partial charge is 0.283 e. The van der Waals surface area contributed by atoms with Gasteiger partial charge in [-0.3, -0.25) is 4.79 Å². The number of imidazole rings is 1. The molecule has 0 fully saturated rings. The maximum atomic E-state index is 12.8. The number of aromatic hydroxyl groups is 2. The lowest BCUT2D eigenvalue weighted by molar-refractivity contribution is 0.0981. The van der Waals surface area contributed by atoms with Gasteiger partial charge in [0.2, 0.25) is 5.82 Å². The fourth-order valence-electron chi connectivity index (χ4n) is 4.69. The molecule has 0 atom stereocenters. The molecule has 46 heavy (non-hydrogen) atoms. The number of amides is 1. The number of phenolic OH excluding ortho intramolecular Hbond substituents is 2. The molecule has 0 bridgehead atoms. The molecule has 0 saturated heterocycles. The fraction of sp³-hybridized carbons (Fsp3) is 0.250. The van der Waals surface area contributed by atoms with Gasteiger partial charge in [0.15, 0.2) is 5.03 Å². The summed E-state index contributed by atoms with van der Waals surface area (Å²) in [6.07, 6.45) is 3.62. The van der Waals surface area contributed by atoms with E-state index in [-0.39, 0.29) is 28.0 Å². The van der Waals surface area contributed by atoms with E-state index in [0.717, 1.165) is 24.3 Å². The van der Waals surface area contributed by atoms with E-state index in [4.69, 9.17) is 4.52 Å². The number of nitrogens with zero attached hydrogens (tertiary/aromatic N) is 5. The first-order valence-electron chi connectivity index (χ1n) is 14.5. The van der Waals surface area contributed by atoms with E-state index in [2.05, 4.69) is 39.2 Å². The molecular weight excluding hydrogens is 610 g/mol. The number of phenols is 2. The van der Waals surface area contributed by atoms with Crippen LogP contribution in [0.2, 0.25) is 0 Å². The molecule has 2 heterocycles. The van der Waals surface area contributed by atoms with Crippen molar-refractivity contribution in [3.05, 3.63) is 84.3 Å². The van der Waals surface area contributed by atoms with Gasteiger partial charge in [-0.05, 0) is 66.4 Å². The van der Waals surface area contributed by atoms with Gasteiger partial charge in [-0.25, -0.2) is 9.71 Å². The van der Waals surface area contributed by atoms with Crippen molar-refractivity contribution < 1.29 is 27.9 Å². The quantitative estimate of drug-likeness (QED) is 0.147. The summed E-state index contributed by atoms with van der Waals surface area (Å²) < 4.78 is 34.2. The molecule has 0 spiro atoms. The molecule has 0 aliphatic rings. The van der Waals surface area contributed by atoms with Crippen LogP contribution < -0.4 is 14.9 Å². The van der Waals surface area contributed by atoms with E-state index in [1.807, 2.05) is 30.0 Å². The highest BCUT2D eigenvalue weighted by Crippen LogP contribution is 2.32. The van der Waals surface area contributed by atoms with Gasteiger partial charge in [-0.1, -0.05) is 25.1 Å². The van der Waals surface area contributed by atoms with E-state index < -0.39 is 15.9 Å². The molecule has 0 aliphatic carbocycles. The molecule has 0 saturated carbocycles. The highest BCUT2D eigenvalue weighted by atomic mass is 32.2. The van der Waals surface area contributed by atoms with Crippen LogP contribution in [0.5, 0.6) is 11.5 Å². The van der Waals surface area contributed by atoms with Crippen molar-refractivity contribution in [2.24, 2.45) is 13.0 Å². The number of aromatic nitrogens is 4. The molecular formula is C32H35N7O6S. The summed E-state index contributed by atoms with van der Waals surface area (Å²) in [6.45, 7) is 5.51. The van der Waals surface area contributed by atoms with Gasteiger partial charge in [-0.2, -0.15) is 13.4 Å². The molecule has 14 heteroatoms. The fourth-order valence-corrected chi connectivity index (χ4v) is 5.65. The van der Waals surface area contributed by atoms with Crippen LogP contribution in [0.4, 0.5) is 11.4 Å². The number of carbonyl (C=O) groups is 1. The van der Waals surface area contributed by atoms with Crippen LogP contribution in [0, 0.1) is 5.92 Å². The summed E-state index contributed by atoms with van der Waals surface area (Å²) in [4.78, 5) is 23.3. The first-order chi connectivity index (χ1) is 21.9. The standard InChI is InChI=1S/C32H35N7O6S/c1-20(2)10-11-39(4)28-9-8-22(15-27(28)33-17-21-12-25(40)16-26(41)13-21)30-35-32(45-36-30)24-7-5-6-23(14-24)31(42)37-46(43,44)29-18-38(3)19-34-29/h5-9,12-16,18-20,33,40-41H,10-11,17H2,1-4H3,(H,37,42). The third kappa shape index (κ3) is 7.64. The number of anilines is 2. The van der Waals surface area contributed by atoms with Crippen LogP contribution in [-0.2, 0) is 23.6 Å².